The number of benzene rings is 2. The van der Waals surface area contributed by atoms with Gasteiger partial charge in [0.1, 0.15) is 5.75 Å². The summed E-state index contributed by atoms with van der Waals surface area (Å²) in [7, 11) is -3.51. The molecule has 0 bridgehead atoms. The maximum Gasteiger partial charge on any atom is 0.254 e. The summed E-state index contributed by atoms with van der Waals surface area (Å²) in [6, 6.07) is 14.2. The highest BCUT2D eigenvalue weighted by Gasteiger charge is 2.31. The van der Waals surface area contributed by atoms with Crippen LogP contribution >= 0.6 is 0 Å². The SMILES string of the molecule is CCOc1ccc(C2CCCN2C(=O)c2ccc(S(=O)(=O)NC3CC3)cc2)cc1. The average Bonchev–Trinajstić information content (AvgIpc) is 3.39. The van der Waals surface area contributed by atoms with E-state index in [4.69, 9.17) is 4.74 Å². The van der Waals surface area contributed by atoms with Crippen molar-refractivity contribution in [1.82, 2.24) is 9.62 Å². The van der Waals surface area contributed by atoms with Crippen molar-refractivity contribution in [2.45, 2.75) is 49.6 Å². The third-order valence-electron chi connectivity index (χ3n) is 5.40. The highest BCUT2D eigenvalue weighted by Crippen LogP contribution is 2.34. The second kappa shape index (κ2) is 8.16. The van der Waals surface area contributed by atoms with Crippen LogP contribution < -0.4 is 9.46 Å². The van der Waals surface area contributed by atoms with Crippen LogP contribution in [0.2, 0.25) is 0 Å². The van der Waals surface area contributed by atoms with Gasteiger partial charge >= 0.3 is 0 Å². The lowest BCUT2D eigenvalue weighted by Gasteiger charge is -2.25. The summed E-state index contributed by atoms with van der Waals surface area (Å²) in [5, 5.41) is 0. The normalized spacial score (nSPS) is 19.3. The van der Waals surface area contributed by atoms with E-state index in [9.17, 15) is 13.2 Å². The standard InChI is InChI=1S/C22H26N2O4S/c1-2-28-19-11-5-16(6-12-19)21-4-3-15-24(21)22(25)17-7-13-20(14-8-17)29(26,27)23-18-9-10-18/h5-8,11-14,18,21,23H,2-4,9-10,15H2,1H3. The van der Waals surface area contributed by atoms with Crippen LogP contribution in [0.5, 0.6) is 5.75 Å². The Morgan fingerprint density at radius 1 is 1.07 bits per heavy atom. The molecule has 1 atom stereocenters. The van der Waals surface area contributed by atoms with Crippen molar-refractivity contribution in [1.29, 1.82) is 0 Å². The van der Waals surface area contributed by atoms with E-state index in [0.29, 0.717) is 18.7 Å². The fourth-order valence-electron chi connectivity index (χ4n) is 3.74. The summed E-state index contributed by atoms with van der Waals surface area (Å²) < 4.78 is 32.8. The number of ether oxygens (including phenoxy) is 1. The van der Waals surface area contributed by atoms with E-state index in [1.165, 1.54) is 12.1 Å². The summed E-state index contributed by atoms with van der Waals surface area (Å²) in [5.74, 6) is 0.754. The topological polar surface area (TPSA) is 75.7 Å². The molecule has 4 rings (SSSR count). The number of likely N-dealkylation sites (tertiary alicyclic amines) is 1. The molecule has 154 valence electrons. The van der Waals surface area contributed by atoms with Gasteiger partial charge in [-0.05, 0) is 74.6 Å². The molecule has 1 amide bonds. The first kappa shape index (κ1) is 19.9. The molecular weight excluding hydrogens is 388 g/mol. The van der Waals surface area contributed by atoms with Crippen molar-refractivity contribution in [2.24, 2.45) is 0 Å². The molecule has 0 radical (unpaired) electrons. The third kappa shape index (κ3) is 4.46. The smallest absolute Gasteiger partial charge is 0.254 e. The van der Waals surface area contributed by atoms with Gasteiger partial charge in [0.2, 0.25) is 10.0 Å². The lowest BCUT2D eigenvalue weighted by molar-refractivity contribution is 0.0735. The van der Waals surface area contributed by atoms with E-state index < -0.39 is 10.0 Å². The van der Waals surface area contributed by atoms with Crippen molar-refractivity contribution < 1.29 is 17.9 Å². The molecule has 1 unspecified atom stereocenters. The quantitative estimate of drug-likeness (QED) is 0.752. The van der Waals surface area contributed by atoms with Crippen molar-refractivity contribution >= 4 is 15.9 Å². The van der Waals surface area contributed by atoms with Crippen LogP contribution in [0.4, 0.5) is 0 Å². The summed E-state index contributed by atoms with van der Waals surface area (Å²) in [4.78, 5) is 15.2. The molecule has 1 aliphatic carbocycles. The molecule has 2 fully saturated rings. The summed E-state index contributed by atoms with van der Waals surface area (Å²) in [5.41, 5.74) is 1.60. The number of nitrogens with zero attached hydrogens (tertiary/aromatic N) is 1. The monoisotopic (exact) mass is 414 g/mol. The number of carbonyl (C=O) groups is 1. The van der Waals surface area contributed by atoms with Gasteiger partial charge in [-0.3, -0.25) is 4.79 Å². The maximum absolute atomic E-state index is 13.1. The number of amides is 1. The zero-order valence-corrected chi connectivity index (χ0v) is 17.3. The molecule has 1 heterocycles. The molecule has 0 aromatic heterocycles. The molecule has 0 spiro atoms. The van der Waals surface area contributed by atoms with Gasteiger partial charge in [-0.1, -0.05) is 12.1 Å². The molecule has 6 nitrogen and oxygen atoms in total. The Morgan fingerprint density at radius 3 is 2.38 bits per heavy atom. The number of hydrogen-bond acceptors (Lipinski definition) is 4. The van der Waals surface area contributed by atoms with Gasteiger partial charge in [0.05, 0.1) is 17.5 Å². The largest absolute Gasteiger partial charge is 0.494 e. The van der Waals surface area contributed by atoms with Gasteiger partial charge in [0, 0.05) is 18.2 Å². The maximum atomic E-state index is 13.1. The molecular formula is C22H26N2O4S. The van der Waals surface area contributed by atoms with Gasteiger partial charge in [-0.2, -0.15) is 0 Å². The van der Waals surface area contributed by atoms with Crippen LogP contribution in [0, 0.1) is 0 Å². The fraction of sp³-hybridized carbons (Fsp3) is 0.409. The second-order valence-corrected chi connectivity index (χ2v) is 9.29. The summed E-state index contributed by atoms with van der Waals surface area (Å²) >= 11 is 0. The highest BCUT2D eigenvalue weighted by atomic mass is 32.2. The minimum atomic E-state index is -3.51. The molecule has 2 aromatic rings. The van der Waals surface area contributed by atoms with Crippen LogP contribution in [0.25, 0.3) is 0 Å². The van der Waals surface area contributed by atoms with Crippen molar-refractivity contribution in [2.75, 3.05) is 13.2 Å². The Balaban J connectivity index is 1.49. The van der Waals surface area contributed by atoms with Gasteiger partial charge in [0.15, 0.2) is 0 Å². The van der Waals surface area contributed by atoms with E-state index in [2.05, 4.69) is 4.72 Å². The minimum absolute atomic E-state index is 0.0260. The third-order valence-corrected chi connectivity index (χ3v) is 6.94. The molecule has 1 aliphatic heterocycles. The minimum Gasteiger partial charge on any atom is -0.494 e. The number of hydrogen-bond donors (Lipinski definition) is 1. The number of carbonyl (C=O) groups excluding carboxylic acids is 1. The number of sulfonamides is 1. The number of rotatable bonds is 7. The van der Waals surface area contributed by atoms with Gasteiger partial charge in [-0.15, -0.1) is 0 Å². The highest BCUT2D eigenvalue weighted by molar-refractivity contribution is 7.89. The molecule has 2 aliphatic rings. The van der Waals surface area contributed by atoms with Crippen molar-refractivity contribution in [3.63, 3.8) is 0 Å². The van der Waals surface area contributed by atoms with E-state index >= 15 is 0 Å². The summed E-state index contributed by atoms with van der Waals surface area (Å²) in [6.07, 6.45) is 3.63. The Kier molecular flexibility index (Phi) is 5.61. The molecule has 1 saturated heterocycles. The van der Waals surface area contributed by atoms with Gasteiger partial charge in [-0.25, -0.2) is 13.1 Å². The van der Waals surface area contributed by atoms with Crippen LogP contribution in [-0.4, -0.2) is 38.4 Å². The first-order valence-corrected chi connectivity index (χ1v) is 11.6. The molecule has 7 heteroatoms. The fourth-order valence-corrected chi connectivity index (χ4v) is 5.05. The van der Waals surface area contributed by atoms with Crippen LogP contribution in [-0.2, 0) is 10.0 Å². The van der Waals surface area contributed by atoms with E-state index in [0.717, 1.165) is 37.0 Å². The van der Waals surface area contributed by atoms with E-state index in [1.807, 2.05) is 36.1 Å². The first-order valence-electron chi connectivity index (χ1n) is 10.1. The molecule has 1 N–H and O–H groups in total. The predicted molar refractivity (Wildman–Crippen MR) is 110 cm³/mol. The van der Waals surface area contributed by atoms with Crippen LogP contribution in [0.3, 0.4) is 0 Å². The summed E-state index contributed by atoms with van der Waals surface area (Å²) in [6.45, 7) is 3.26. The van der Waals surface area contributed by atoms with Crippen LogP contribution in [0.1, 0.15) is 54.6 Å². The predicted octanol–water partition coefficient (Wildman–Crippen LogP) is 3.50. The van der Waals surface area contributed by atoms with Crippen molar-refractivity contribution in [3.8, 4) is 5.75 Å². The van der Waals surface area contributed by atoms with Gasteiger partial charge in [0.25, 0.3) is 5.91 Å². The Bertz CT molecular complexity index is 967. The average molecular weight is 415 g/mol. The second-order valence-electron chi connectivity index (χ2n) is 7.58. The Morgan fingerprint density at radius 2 is 1.76 bits per heavy atom. The zero-order valence-electron chi connectivity index (χ0n) is 16.5. The molecule has 1 saturated carbocycles. The zero-order chi connectivity index (χ0) is 20.4. The molecule has 2 aromatic carbocycles. The lowest BCUT2D eigenvalue weighted by atomic mass is 10.0. The number of nitrogens with one attached hydrogen (secondary N) is 1. The lowest BCUT2D eigenvalue weighted by Crippen LogP contribution is -2.30. The Labute approximate surface area is 171 Å². The van der Waals surface area contributed by atoms with E-state index in [1.54, 1.807) is 12.1 Å². The Hall–Kier alpha value is -2.38. The van der Waals surface area contributed by atoms with Crippen LogP contribution in [0.15, 0.2) is 53.4 Å². The first-order chi connectivity index (χ1) is 14.0. The van der Waals surface area contributed by atoms with Crippen molar-refractivity contribution in [3.05, 3.63) is 59.7 Å². The van der Waals surface area contributed by atoms with Gasteiger partial charge < -0.3 is 9.64 Å². The molecule has 29 heavy (non-hydrogen) atoms. The van der Waals surface area contributed by atoms with E-state index in [-0.39, 0.29) is 22.9 Å².